The summed E-state index contributed by atoms with van der Waals surface area (Å²) in [6.07, 6.45) is 2.31. The van der Waals surface area contributed by atoms with E-state index in [1.807, 2.05) is 24.3 Å². The van der Waals surface area contributed by atoms with Gasteiger partial charge in [-0.3, -0.25) is 9.69 Å². The van der Waals surface area contributed by atoms with Crippen molar-refractivity contribution in [2.75, 3.05) is 26.7 Å². The van der Waals surface area contributed by atoms with Crippen LogP contribution in [0.3, 0.4) is 0 Å². The fourth-order valence-corrected chi connectivity index (χ4v) is 3.35. The molecule has 1 aliphatic rings. The predicted molar refractivity (Wildman–Crippen MR) is 95.3 cm³/mol. The van der Waals surface area contributed by atoms with Gasteiger partial charge in [0, 0.05) is 17.7 Å². The molecule has 2 aromatic rings. The van der Waals surface area contributed by atoms with Crippen LogP contribution in [-0.2, 0) is 0 Å². The van der Waals surface area contributed by atoms with Gasteiger partial charge in [-0.05, 0) is 50.2 Å². The van der Waals surface area contributed by atoms with Gasteiger partial charge in [0.1, 0.15) is 11.6 Å². The third-order valence-corrected chi connectivity index (χ3v) is 4.62. The van der Waals surface area contributed by atoms with Crippen molar-refractivity contribution < 1.29 is 13.9 Å². The van der Waals surface area contributed by atoms with E-state index < -0.39 is 5.82 Å². The van der Waals surface area contributed by atoms with Gasteiger partial charge in [0.05, 0.1) is 13.2 Å². The summed E-state index contributed by atoms with van der Waals surface area (Å²) >= 11 is 0. The maximum Gasteiger partial charge on any atom is 0.251 e. The number of para-hydroxylation sites is 1. The Bertz CT molecular complexity index is 729. The van der Waals surface area contributed by atoms with E-state index in [0.717, 1.165) is 37.2 Å². The average Bonchev–Trinajstić information content (AvgIpc) is 3.16. The zero-order chi connectivity index (χ0) is 17.6. The number of amides is 1. The number of nitrogens with zero attached hydrogens (tertiary/aromatic N) is 1. The third kappa shape index (κ3) is 4.17. The van der Waals surface area contributed by atoms with Gasteiger partial charge >= 0.3 is 0 Å². The van der Waals surface area contributed by atoms with Crippen LogP contribution >= 0.6 is 0 Å². The molecule has 1 amide bonds. The Morgan fingerprint density at radius 2 is 1.96 bits per heavy atom. The van der Waals surface area contributed by atoms with Gasteiger partial charge in [0.15, 0.2) is 0 Å². The number of likely N-dealkylation sites (tertiary alicyclic amines) is 1. The van der Waals surface area contributed by atoms with Gasteiger partial charge in [-0.2, -0.15) is 0 Å². The van der Waals surface area contributed by atoms with Crippen LogP contribution in [-0.4, -0.2) is 37.6 Å². The maximum atomic E-state index is 13.3. The summed E-state index contributed by atoms with van der Waals surface area (Å²) in [4.78, 5) is 14.7. The van der Waals surface area contributed by atoms with Gasteiger partial charge in [-0.25, -0.2) is 4.39 Å². The summed E-state index contributed by atoms with van der Waals surface area (Å²) in [5.41, 5.74) is 1.40. The second-order valence-electron chi connectivity index (χ2n) is 6.22. The summed E-state index contributed by atoms with van der Waals surface area (Å²) in [6, 6.07) is 13.7. The van der Waals surface area contributed by atoms with E-state index in [-0.39, 0.29) is 11.9 Å². The van der Waals surface area contributed by atoms with Crippen LogP contribution in [0, 0.1) is 5.82 Å². The molecule has 3 rings (SSSR count). The normalized spacial score (nSPS) is 15.8. The standard InChI is InChI=1S/C20H23FN2O2/c1-25-19-10-3-2-9-17(19)18(23-11-4-5-12-23)14-22-20(24)15-7-6-8-16(21)13-15/h2-3,6-10,13,18H,4-5,11-12,14H2,1H3,(H,22,24). The zero-order valence-corrected chi connectivity index (χ0v) is 14.4. The molecule has 1 aliphatic heterocycles. The van der Waals surface area contributed by atoms with Crippen LogP contribution in [0.5, 0.6) is 5.75 Å². The molecule has 1 N–H and O–H groups in total. The van der Waals surface area contributed by atoms with Crippen LogP contribution in [0.2, 0.25) is 0 Å². The van der Waals surface area contributed by atoms with Crippen LogP contribution in [0.4, 0.5) is 4.39 Å². The molecule has 1 heterocycles. The molecule has 0 bridgehead atoms. The van der Waals surface area contributed by atoms with Gasteiger partial charge < -0.3 is 10.1 Å². The van der Waals surface area contributed by atoms with Crippen molar-refractivity contribution in [3.8, 4) is 5.75 Å². The molecule has 0 spiro atoms. The molecule has 132 valence electrons. The molecule has 1 saturated heterocycles. The van der Waals surface area contributed by atoms with E-state index in [1.54, 1.807) is 19.2 Å². The maximum absolute atomic E-state index is 13.3. The molecule has 0 radical (unpaired) electrons. The van der Waals surface area contributed by atoms with Gasteiger partial charge in [0.2, 0.25) is 0 Å². The number of carbonyl (C=O) groups excluding carboxylic acids is 1. The number of methoxy groups -OCH3 is 1. The molecule has 0 saturated carbocycles. The highest BCUT2D eigenvalue weighted by atomic mass is 19.1. The lowest BCUT2D eigenvalue weighted by Gasteiger charge is -2.29. The molecule has 1 fully saturated rings. The van der Waals surface area contributed by atoms with Crippen molar-refractivity contribution in [1.29, 1.82) is 0 Å². The quantitative estimate of drug-likeness (QED) is 0.875. The molecule has 2 aromatic carbocycles. The number of ether oxygens (including phenoxy) is 1. The summed E-state index contributed by atoms with van der Waals surface area (Å²) in [5.74, 6) is 0.145. The van der Waals surface area contributed by atoms with E-state index >= 15 is 0 Å². The van der Waals surface area contributed by atoms with Crippen molar-refractivity contribution in [1.82, 2.24) is 10.2 Å². The molecule has 25 heavy (non-hydrogen) atoms. The molecular formula is C20H23FN2O2. The highest BCUT2D eigenvalue weighted by molar-refractivity contribution is 5.94. The first kappa shape index (κ1) is 17.4. The van der Waals surface area contributed by atoms with Crippen molar-refractivity contribution >= 4 is 5.91 Å². The van der Waals surface area contributed by atoms with Crippen molar-refractivity contribution in [2.24, 2.45) is 0 Å². The number of halogens is 1. The molecule has 1 atom stereocenters. The largest absolute Gasteiger partial charge is 0.496 e. The van der Waals surface area contributed by atoms with E-state index in [1.165, 1.54) is 12.1 Å². The number of rotatable bonds is 6. The molecule has 0 aromatic heterocycles. The fraction of sp³-hybridized carbons (Fsp3) is 0.350. The Kier molecular flexibility index (Phi) is 5.66. The predicted octanol–water partition coefficient (Wildman–Crippen LogP) is 3.40. The Balaban J connectivity index is 1.77. The lowest BCUT2D eigenvalue weighted by Crippen LogP contribution is -2.37. The first-order valence-electron chi connectivity index (χ1n) is 8.60. The highest BCUT2D eigenvalue weighted by Crippen LogP contribution is 2.31. The molecular weight excluding hydrogens is 319 g/mol. The van der Waals surface area contributed by atoms with Crippen LogP contribution in [0.1, 0.15) is 34.8 Å². The number of hydrogen-bond acceptors (Lipinski definition) is 3. The summed E-state index contributed by atoms with van der Waals surface area (Å²) < 4.78 is 18.8. The number of hydrogen-bond donors (Lipinski definition) is 1. The van der Waals surface area contributed by atoms with Crippen LogP contribution in [0.15, 0.2) is 48.5 Å². The second-order valence-corrected chi connectivity index (χ2v) is 6.22. The average molecular weight is 342 g/mol. The minimum absolute atomic E-state index is 0.0381. The SMILES string of the molecule is COc1ccccc1C(CNC(=O)c1cccc(F)c1)N1CCCC1. The smallest absolute Gasteiger partial charge is 0.251 e. The van der Waals surface area contributed by atoms with Crippen LogP contribution in [0.25, 0.3) is 0 Å². The minimum Gasteiger partial charge on any atom is -0.496 e. The van der Waals surface area contributed by atoms with Gasteiger partial charge in [-0.1, -0.05) is 24.3 Å². The van der Waals surface area contributed by atoms with Crippen molar-refractivity contribution in [3.05, 3.63) is 65.5 Å². The van der Waals surface area contributed by atoms with Crippen LogP contribution < -0.4 is 10.1 Å². The molecule has 0 aliphatic carbocycles. The van der Waals surface area contributed by atoms with Gasteiger partial charge in [-0.15, -0.1) is 0 Å². The van der Waals surface area contributed by atoms with Crippen molar-refractivity contribution in [2.45, 2.75) is 18.9 Å². The Hall–Kier alpha value is -2.40. The summed E-state index contributed by atoms with van der Waals surface area (Å²) in [5, 5.41) is 2.95. The molecule has 1 unspecified atom stereocenters. The van der Waals surface area contributed by atoms with E-state index in [4.69, 9.17) is 4.74 Å². The lowest BCUT2D eigenvalue weighted by molar-refractivity contribution is 0.0937. The first-order valence-corrected chi connectivity index (χ1v) is 8.60. The fourth-order valence-electron chi connectivity index (χ4n) is 3.35. The van der Waals surface area contributed by atoms with E-state index in [9.17, 15) is 9.18 Å². The van der Waals surface area contributed by atoms with Gasteiger partial charge in [0.25, 0.3) is 5.91 Å². The minimum atomic E-state index is -0.409. The Labute approximate surface area is 147 Å². The summed E-state index contributed by atoms with van der Waals surface area (Å²) in [7, 11) is 1.66. The highest BCUT2D eigenvalue weighted by Gasteiger charge is 2.26. The lowest BCUT2D eigenvalue weighted by atomic mass is 10.0. The van der Waals surface area contributed by atoms with Crippen molar-refractivity contribution in [3.63, 3.8) is 0 Å². The topological polar surface area (TPSA) is 41.6 Å². The zero-order valence-electron chi connectivity index (χ0n) is 14.4. The Morgan fingerprint density at radius 3 is 2.68 bits per heavy atom. The monoisotopic (exact) mass is 342 g/mol. The number of benzene rings is 2. The first-order chi connectivity index (χ1) is 12.2. The third-order valence-electron chi connectivity index (χ3n) is 4.62. The number of carbonyl (C=O) groups is 1. The van der Waals surface area contributed by atoms with E-state index in [0.29, 0.717) is 12.1 Å². The summed E-state index contributed by atoms with van der Waals surface area (Å²) in [6.45, 7) is 2.45. The molecule has 5 heteroatoms. The molecule has 4 nitrogen and oxygen atoms in total. The second kappa shape index (κ2) is 8.12. The van der Waals surface area contributed by atoms with E-state index in [2.05, 4.69) is 10.2 Å². The Morgan fingerprint density at radius 1 is 1.20 bits per heavy atom. The number of nitrogens with one attached hydrogen (secondary N) is 1.